The summed E-state index contributed by atoms with van der Waals surface area (Å²) >= 11 is 5.06. The van der Waals surface area contributed by atoms with Crippen LogP contribution in [0.3, 0.4) is 0 Å². The van der Waals surface area contributed by atoms with Gasteiger partial charge in [-0.15, -0.1) is 0 Å². The van der Waals surface area contributed by atoms with Gasteiger partial charge in [-0.25, -0.2) is 0 Å². The highest BCUT2D eigenvalue weighted by molar-refractivity contribution is 7.71. The van der Waals surface area contributed by atoms with E-state index in [0.29, 0.717) is 28.5 Å². The van der Waals surface area contributed by atoms with Crippen molar-refractivity contribution in [2.45, 2.75) is 25.5 Å². The molecule has 3 rings (SSSR count). The molecule has 1 aliphatic heterocycles. The molecule has 2 aromatic rings. The maximum atomic E-state index is 12.5. The summed E-state index contributed by atoms with van der Waals surface area (Å²) in [6.07, 6.45) is 2.16. The quantitative estimate of drug-likeness (QED) is 0.780. The van der Waals surface area contributed by atoms with Crippen LogP contribution in [0.1, 0.15) is 29.0 Å². The summed E-state index contributed by atoms with van der Waals surface area (Å²) in [5.74, 6) is 0.999. The van der Waals surface area contributed by atoms with Gasteiger partial charge in [0.2, 0.25) is 0 Å². The average Bonchev–Trinajstić information content (AvgIpc) is 3.22. The van der Waals surface area contributed by atoms with Gasteiger partial charge in [-0.2, -0.15) is 5.10 Å². The third kappa shape index (κ3) is 3.82. The van der Waals surface area contributed by atoms with Crippen molar-refractivity contribution < 1.29 is 14.3 Å². The van der Waals surface area contributed by atoms with Crippen molar-refractivity contribution in [2.75, 3.05) is 13.2 Å². The average molecular weight is 348 g/mol. The Hall–Kier alpha value is -2.19. The van der Waals surface area contributed by atoms with Crippen LogP contribution in [-0.4, -0.2) is 40.0 Å². The van der Waals surface area contributed by atoms with Gasteiger partial charge in [0.25, 0.3) is 5.91 Å². The minimum atomic E-state index is -0.216. The number of nitrogens with one attached hydrogen (secondary N) is 2. The molecular weight excluding hydrogens is 328 g/mol. The minimum absolute atomic E-state index is 0.106. The summed E-state index contributed by atoms with van der Waals surface area (Å²) < 4.78 is 13.6. The van der Waals surface area contributed by atoms with Crippen molar-refractivity contribution in [1.82, 2.24) is 20.1 Å². The standard InChI is InChI=1S/C16H20N4O3S/c1-20-14(18-19-16(20)24)9-17-15(21)12-6-2-3-7-13(12)23-10-11-5-4-8-22-11/h2-3,6-7,11H,4-5,8-10H2,1H3,(H,17,21)(H,19,24). The van der Waals surface area contributed by atoms with Crippen molar-refractivity contribution >= 4 is 18.1 Å². The Morgan fingerprint density at radius 2 is 2.38 bits per heavy atom. The molecule has 2 N–H and O–H groups in total. The number of aromatic nitrogens is 3. The van der Waals surface area contributed by atoms with Crippen LogP contribution in [0, 0.1) is 4.77 Å². The Kier molecular flexibility index (Phi) is 5.27. The van der Waals surface area contributed by atoms with Crippen LogP contribution in [0.15, 0.2) is 24.3 Å². The van der Waals surface area contributed by atoms with Gasteiger partial charge < -0.3 is 19.4 Å². The Balaban J connectivity index is 1.63. The molecule has 2 heterocycles. The van der Waals surface area contributed by atoms with Gasteiger partial charge in [-0.3, -0.25) is 9.89 Å². The number of benzene rings is 1. The second-order valence-electron chi connectivity index (χ2n) is 5.63. The van der Waals surface area contributed by atoms with Crippen LogP contribution in [0.5, 0.6) is 5.75 Å². The molecule has 0 saturated carbocycles. The zero-order valence-corrected chi connectivity index (χ0v) is 14.3. The first-order valence-electron chi connectivity index (χ1n) is 7.87. The van der Waals surface area contributed by atoms with Gasteiger partial charge in [0, 0.05) is 13.7 Å². The van der Waals surface area contributed by atoms with Gasteiger partial charge in [0.1, 0.15) is 12.4 Å². The number of amides is 1. The largest absolute Gasteiger partial charge is 0.490 e. The van der Waals surface area contributed by atoms with Crippen LogP contribution in [-0.2, 0) is 18.3 Å². The predicted octanol–water partition coefficient (Wildman–Crippen LogP) is 1.97. The second-order valence-corrected chi connectivity index (χ2v) is 6.02. The van der Waals surface area contributed by atoms with Crippen molar-refractivity contribution in [2.24, 2.45) is 7.05 Å². The third-order valence-electron chi connectivity index (χ3n) is 3.96. The number of ether oxygens (including phenoxy) is 2. The molecule has 1 fully saturated rings. The van der Waals surface area contributed by atoms with Crippen LogP contribution in [0.25, 0.3) is 0 Å². The molecule has 1 aromatic carbocycles. The summed E-state index contributed by atoms with van der Waals surface area (Å²) in [6, 6.07) is 7.19. The molecule has 1 unspecified atom stereocenters. The lowest BCUT2D eigenvalue weighted by atomic mass is 10.2. The van der Waals surface area contributed by atoms with Gasteiger partial charge >= 0.3 is 0 Å². The van der Waals surface area contributed by atoms with Crippen LogP contribution in [0.2, 0.25) is 0 Å². The van der Waals surface area contributed by atoms with Gasteiger partial charge in [0.05, 0.1) is 18.2 Å². The lowest BCUT2D eigenvalue weighted by Crippen LogP contribution is -2.25. The first-order chi connectivity index (χ1) is 11.6. The highest BCUT2D eigenvalue weighted by atomic mass is 32.1. The van der Waals surface area contributed by atoms with E-state index in [2.05, 4.69) is 15.5 Å². The number of aromatic amines is 1. The highest BCUT2D eigenvalue weighted by Gasteiger charge is 2.18. The topological polar surface area (TPSA) is 81.2 Å². The number of carbonyl (C=O) groups excluding carboxylic acids is 1. The molecule has 7 nitrogen and oxygen atoms in total. The smallest absolute Gasteiger partial charge is 0.255 e. The fourth-order valence-corrected chi connectivity index (χ4v) is 2.68. The van der Waals surface area contributed by atoms with E-state index >= 15 is 0 Å². The number of hydrogen-bond acceptors (Lipinski definition) is 5. The molecule has 1 aliphatic rings. The van der Waals surface area contributed by atoms with Crippen LogP contribution >= 0.6 is 12.2 Å². The van der Waals surface area contributed by atoms with Gasteiger partial charge in [-0.1, -0.05) is 12.1 Å². The third-order valence-corrected chi connectivity index (χ3v) is 4.33. The number of carbonyl (C=O) groups is 1. The molecule has 0 aliphatic carbocycles. The maximum Gasteiger partial charge on any atom is 0.255 e. The van der Waals surface area contributed by atoms with E-state index in [1.165, 1.54) is 0 Å². The van der Waals surface area contributed by atoms with E-state index in [-0.39, 0.29) is 18.6 Å². The van der Waals surface area contributed by atoms with Crippen molar-refractivity contribution in [3.8, 4) is 5.75 Å². The van der Waals surface area contributed by atoms with E-state index in [1.807, 2.05) is 12.1 Å². The van der Waals surface area contributed by atoms with Crippen LogP contribution < -0.4 is 10.1 Å². The molecule has 1 amide bonds. The minimum Gasteiger partial charge on any atom is -0.490 e. The second kappa shape index (κ2) is 7.59. The highest BCUT2D eigenvalue weighted by Crippen LogP contribution is 2.20. The van der Waals surface area contributed by atoms with E-state index < -0.39 is 0 Å². The molecule has 0 spiro atoms. The van der Waals surface area contributed by atoms with E-state index in [4.69, 9.17) is 21.7 Å². The first-order valence-corrected chi connectivity index (χ1v) is 8.28. The molecule has 1 aromatic heterocycles. The van der Waals surface area contributed by atoms with Gasteiger partial charge in [0.15, 0.2) is 10.6 Å². The predicted molar refractivity (Wildman–Crippen MR) is 90.5 cm³/mol. The van der Waals surface area contributed by atoms with E-state index in [1.54, 1.807) is 23.7 Å². The molecule has 1 atom stereocenters. The molecule has 0 radical (unpaired) electrons. The Bertz CT molecular complexity index is 765. The molecule has 128 valence electrons. The summed E-state index contributed by atoms with van der Waals surface area (Å²) in [4.78, 5) is 12.5. The monoisotopic (exact) mass is 348 g/mol. The number of nitrogens with zero attached hydrogens (tertiary/aromatic N) is 2. The number of para-hydroxylation sites is 1. The summed E-state index contributed by atoms with van der Waals surface area (Å²) in [7, 11) is 1.80. The van der Waals surface area contributed by atoms with E-state index in [0.717, 1.165) is 19.4 Å². The Morgan fingerprint density at radius 1 is 1.54 bits per heavy atom. The molecular formula is C16H20N4O3S. The zero-order valence-electron chi connectivity index (χ0n) is 13.4. The zero-order chi connectivity index (χ0) is 16.9. The normalized spacial score (nSPS) is 17.0. The number of H-pyrrole nitrogens is 1. The molecule has 8 heteroatoms. The maximum absolute atomic E-state index is 12.5. The Labute approximate surface area is 145 Å². The van der Waals surface area contributed by atoms with E-state index in [9.17, 15) is 4.79 Å². The van der Waals surface area contributed by atoms with Crippen molar-refractivity contribution in [3.63, 3.8) is 0 Å². The fourth-order valence-electron chi connectivity index (χ4n) is 2.53. The Morgan fingerprint density at radius 3 is 3.08 bits per heavy atom. The number of hydrogen-bond donors (Lipinski definition) is 2. The summed E-state index contributed by atoms with van der Waals surface area (Å²) in [5.41, 5.74) is 0.493. The van der Waals surface area contributed by atoms with Crippen molar-refractivity contribution in [1.29, 1.82) is 0 Å². The number of rotatable bonds is 6. The van der Waals surface area contributed by atoms with Crippen molar-refractivity contribution in [3.05, 3.63) is 40.4 Å². The lowest BCUT2D eigenvalue weighted by Gasteiger charge is -2.14. The summed E-state index contributed by atoms with van der Waals surface area (Å²) in [5, 5.41) is 9.60. The summed E-state index contributed by atoms with van der Waals surface area (Å²) in [6.45, 7) is 1.52. The molecule has 0 bridgehead atoms. The van der Waals surface area contributed by atoms with Crippen LogP contribution in [0.4, 0.5) is 0 Å². The SMILES string of the molecule is Cn1c(CNC(=O)c2ccccc2OCC2CCCO2)n[nH]c1=S. The molecule has 1 saturated heterocycles. The first kappa shape index (κ1) is 16.7. The lowest BCUT2D eigenvalue weighted by molar-refractivity contribution is 0.0670. The fraction of sp³-hybridized carbons (Fsp3) is 0.438. The van der Waals surface area contributed by atoms with Gasteiger partial charge in [-0.05, 0) is 37.2 Å². The molecule has 24 heavy (non-hydrogen) atoms.